The second-order valence-corrected chi connectivity index (χ2v) is 12.1. The molecule has 0 radical (unpaired) electrons. The van der Waals surface area contributed by atoms with E-state index < -0.39 is 6.49 Å². The first-order chi connectivity index (χ1) is 17.7. The summed E-state index contributed by atoms with van der Waals surface area (Å²) < 4.78 is 26.7. The maximum absolute atomic E-state index is 10.6. The molecule has 202 valence electrons. The topological polar surface area (TPSA) is 138 Å². The summed E-state index contributed by atoms with van der Waals surface area (Å²) in [4.78, 5) is 0. The Balaban J connectivity index is 1.91. The molecule has 0 amide bonds. The maximum atomic E-state index is 10.6. The van der Waals surface area contributed by atoms with Crippen molar-refractivity contribution in [3.63, 3.8) is 0 Å². The van der Waals surface area contributed by atoms with Crippen LogP contribution in [0.5, 0.6) is 23.0 Å². The van der Waals surface area contributed by atoms with Gasteiger partial charge in [0.1, 0.15) is 13.2 Å². The van der Waals surface area contributed by atoms with Gasteiger partial charge in [-0.1, -0.05) is 12.1 Å². The summed E-state index contributed by atoms with van der Waals surface area (Å²) in [5, 5.41) is 30.2. The molecule has 0 atom stereocenters. The molecule has 37 heavy (non-hydrogen) atoms. The number of para-hydroxylation sites is 2. The summed E-state index contributed by atoms with van der Waals surface area (Å²) in [6, 6.07) is 10.2. The fourth-order valence-electron chi connectivity index (χ4n) is 3.28. The van der Waals surface area contributed by atoms with Crippen LogP contribution in [0.2, 0.25) is 0 Å². The zero-order valence-electron chi connectivity index (χ0n) is 21.1. The number of hydrazine groups is 1. The maximum Gasteiger partial charge on any atom is 0.237 e. The number of phenols is 2. The fourth-order valence-corrected chi connectivity index (χ4v) is 5.10. The van der Waals surface area contributed by atoms with E-state index in [0.29, 0.717) is 49.1 Å². The van der Waals surface area contributed by atoms with Gasteiger partial charge in [-0.3, -0.25) is 5.84 Å². The predicted octanol–water partition coefficient (Wildman–Crippen LogP) is 2.16. The van der Waals surface area contributed by atoms with Gasteiger partial charge in [-0.2, -0.15) is 15.0 Å². The second-order valence-electron chi connectivity index (χ2n) is 7.86. The molecule has 0 aliphatic carbocycles. The van der Waals surface area contributed by atoms with E-state index in [2.05, 4.69) is 10.2 Å². The van der Waals surface area contributed by atoms with Crippen LogP contribution >= 0.6 is 6.49 Å². The molecule has 1 aliphatic rings. The van der Waals surface area contributed by atoms with E-state index in [9.17, 15) is 10.2 Å². The molecule has 0 saturated heterocycles. The minimum absolute atomic E-state index is 0.0579. The number of nitrogens with two attached hydrogens (primary N) is 1. The molecular formula is C23H33N6O6PS. The first-order valence-corrected chi connectivity index (χ1v) is 14.1. The Morgan fingerprint density at radius 2 is 1.22 bits per heavy atom. The summed E-state index contributed by atoms with van der Waals surface area (Å²) in [6.07, 6.45) is 2.94. The first kappa shape index (κ1) is 28.6. The molecule has 1 aliphatic heterocycles. The van der Waals surface area contributed by atoms with Gasteiger partial charge in [0.05, 0.1) is 38.9 Å². The summed E-state index contributed by atoms with van der Waals surface area (Å²) in [7, 11) is 4.99. The number of aromatic hydroxyl groups is 2. The second kappa shape index (κ2) is 13.6. The number of rotatable bonds is 1. The Hall–Kier alpha value is -2.93. The highest BCUT2D eigenvalue weighted by Crippen LogP contribution is 2.53. The summed E-state index contributed by atoms with van der Waals surface area (Å²) >= 11 is 5.90. The molecule has 3 rings (SSSR count). The molecular weight excluding hydrogens is 519 g/mol. The third kappa shape index (κ3) is 7.31. The van der Waals surface area contributed by atoms with Crippen LogP contribution in [0.25, 0.3) is 0 Å². The van der Waals surface area contributed by atoms with E-state index >= 15 is 0 Å². The number of hydrogen-bond acceptors (Lipinski definition) is 10. The lowest BCUT2D eigenvalue weighted by atomic mass is 10.2. The Labute approximate surface area is 221 Å². The van der Waals surface area contributed by atoms with Crippen molar-refractivity contribution in [3.05, 3.63) is 47.5 Å². The molecule has 2 aromatic carbocycles. The van der Waals surface area contributed by atoms with E-state index in [4.69, 9.17) is 36.6 Å². The lowest BCUT2D eigenvalue weighted by Gasteiger charge is -2.38. The van der Waals surface area contributed by atoms with Crippen LogP contribution in [0.3, 0.4) is 0 Å². The number of ether oxygens (including phenoxy) is 4. The third-order valence-electron chi connectivity index (χ3n) is 5.30. The lowest BCUT2D eigenvalue weighted by Crippen LogP contribution is -2.35. The molecule has 0 saturated carbocycles. The molecule has 0 aromatic heterocycles. The molecule has 12 nitrogen and oxygen atoms in total. The molecule has 0 unspecified atom stereocenters. The highest BCUT2D eigenvalue weighted by Gasteiger charge is 2.30. The van der Waals surface area contributed by atoms with Crippen molar-refractivity contribution in [1.29, 1.82) is 0 Å². The van der Waals surface area contributed by atoms with Crippen molar-refractivity contribution in [2.45, 2.75) is 0 Å². The lowest BCUT2D eigenvalue weighted by molar-refractivity contribution is 0.0269. The van der Waals surface area contributed by atoms with Crippen LogP contribution in [-0.4, -0.2) is 97.8 Å². The Kier molecular flexibility index (Phi) is 10.5. The van der Waals surface area contributed by atoms with Crippen molar-refractivity contribution >= 4 is 30.7 Å². The number of fused-ring (bicyclic) bond motifs is 4. The standard InChI is InChI=1S/C23H33N6O6PS/c1-27(24)36(37)28(2)25-16-18-6-4-8-20(22(18)30)34-14-12-32-10-11-33-13-15-35-21-9-5-7-19(23(21)31)17-26-29(36)3/h4-9,16-17,30-31H,10-15,24H2,1-3H3. The summed E-state index contributed by atoms with van der Waals surface area (Å²) in [6.45, 7) is -1.00. The van der Waals surface area contributed by atoms with Gasteiger partial charge in [0.15, 0.2) is 23.0 Å². The average molecular weight is 553 g/mol. The Morgan fingerprint density at radius 3 is 1.62 bits per heavy atom. The largest absolute Gasteiger partial charge is 0.504 e. The van der Waals surface area contributed by atoms with Gasteiger partial charge in [-0.25, -0.2) is 9.56 Å². The molecule has 0 spiro atoms. The predicted molar refractivity (Wildman–Crippen MR) is 146 cm³/mol. The molecule has 4 bridgehead atoms. The van der Waals surface area contributed by atoms with Gasteiger partial charge >= 0.3 is 0 Å². The van der Waals surface area contributed by atoms with Gasteiger partial charge in [-0.05, 0) is 36.1 Å². The van der Waals surface area contributed by atoms with Gasteiger partial charge < -0.3 is 29.2 Å². The van der Waals surface area contributed by atoms with Crippen LogP contribution in [0.15, 0.2) is 46.6 Å². The zero-order valence-corrected chi connectivity index (χ0v) is 22.8. The van der Waals surface area contributed by atoms with Gasteiger partial charge in [0.25, 0.3) is 0 Å². The minimum Gasteiger partial charge on any atom is -0.504 e. The normalized spacial score (nSPS) is 20.4. The van der Waals surface area contributed by atoms with E-state index in [0.717, 1.165) is 0 Å². The van der Waals surface area contributed by atoms with Crippen LogP contribution < -0.4 is 15.3 Å². The van der Waals surface area contributed by atoms with Crippen LogP contribution in [0, 0.1) is 0 Å². The van der Waals surface area contributed by atoms with Crippen LogP contribution in [-0.2, 0) is 21.3 Å². The van der Waals surface area contributed by atoms with Crippen molar-refractivity contribution in [3.8, 4) is 23.0 Å². The van der Waals surface area contributed by atoms with E-state index in [-0.39, 0.29) is 24.7 Å². The summed E-state index contributed by atoms with van der Waals surface area (Å²) in [5.74, 6) is 6.64. The molecule has 0 fully saturated rings. The minimum atomic E-state index is -2.88. The third-order valence-corrected chi connectivity index (χ3v) is 10.0. The highest BCUT2D eigenvalue weighted by molar-refractivity contribution is 8.11. The van der Waals surface area contributed by atoms with Gasteiger partial charge in [0, 0.05) is 32.3 Å². The molecule has 14 heteroatoms. The Morgan fingerprint density at radius 1 is 0.811 bits per heavy atom. The van der Waals surface area contributed by atoms with E-state index in [1.165, 1.54) is 26.8 Å². The highest BCUT2D eigenvalue weighted by atomic mass is 32.4. The van der Waals surface area contributed by atoms with Gasteiger partial charge in [-0.15, -0.1) is 0 Å². The van der Waals surface area contributed by atoms with Crippen molar-refractivity contribution in [1.82, 2.24) is 14.3 Å². The zero-order chi connectivity index (χ0) is 26.8. The fraction of sp³-hybridized carbons (Fsp3) is 0.391. The summed E-state index contributed by atoms with van der Waals surface area (Å²) in [5.41, 5.74) is 0.873. The van der Waals surface area contributed by atoms with Crippen LogP contribution in [0.4, 0.5) is 0 Å². The number of nitrogens with zero attached hydrogens (tertiary/aromatic N) is 5. The van der Waals surface area contributed by atoms with Crippen molar-refractivity contribution in [2.24, 2.45) is 16.0 Å². The van der Waals surface area contributed by atoms with Gasteiger partial charge in [0.2, 0.25) is 6.49 Å². The van der Waals surface area contributed by atoms with Crippen LogP contribution in [0.1, 0.15) is 11.1 Å². The number of hydrazone groups is 2. The smallest absolute Gasteiger partial charge is 0.237 e. The van der Waals surface area contributed by atoms with Crippen molar-refractivity contribution < 1.29 is 29.2 Å². The number of benzene rings is 2. The number of phenolic OH excluding ortho intramolecular Hbond substituents is 2. The molecule has 1 heterocycles. The van der Waals surface area contributed by atoms with E-state index in [1.807, 2.05) is 0 Å². The SMILES string of the molecule is CN(N)P1(=S)N(C)N=Cc2cccc(c2O)OCCOCCOCCOc2cccc(c2O)C=NN1C. The quantitative estimate of drug-likeness (QED) is 0.273. The Bertz CT molecular complexity index is 1070. The van der Waals surface area contributed by atoms with Crippen molar-refractivity contribution in [2.75, 3.05) is 60.8 Å². The molecule has 2 aromatic rings. The molecule has 4 N–H and O–H groups in total. The number of hydrogen-bond donors (Lipinski definition) is 3. The monoisotopic (exact) mass is 552 g/mol. The first-order valence-electron chi connectivity index (χ1n) is 11.5. The van der Waals surface area contributed by atoms with E-state index in [1.54, 1.807) is 57.5 Å². The average Bonchev–Trinajstić information content (AvgIpc) is 2.88.